The van der Waals surface area contributed by atoms with Gasteiger partial charge in [0, 0.05) is 13.2 Å². The predicted octanol–water partition coefficient (Wildman–Crippen LogP) is 3.07. The highest BCUT2D eigenvalue weighted by Gasteiger charge is 2.16. The van der Waals surface area contributed by atoms with Gasteiger partial charge in [-0.1, -0.05) is 36.4 Å². The summed E-state index contributed by atoms with van der Waals surface area (Å²) in [6.07, 6.45) is 1.50. The molecule has 0 bridgehead atoms. The van der Waals surface area contributed by atoms with Crippen molar-refractivity contribution < 1.29 is 14.6 Å². The first kappa shape index (κ1) is 13.6. The van der Waals surface area contributed by atoms with Crippen LogP contribution in [0.15, 0.2) is 42.5 Å². The molecule has 2 aromatic rings. The van der Waals surface area contributed by atoms with E-state index in [4.69, 9.17) is 9.47 Å². The molecule has 0 radical (unpaired) electrons. The van der Waals surface area contributed by atoms with Crippen LogP contribution in [0.2, 0.25) is 0 Å². The molecular formula is C17H20O3. The van der Waals surface area contributed by atoms with Crippen LogP contribution in [0, 0.1) is 0 Å². The van der Waals surface area contributed by atoms with Gasteiger partial charge in [0.1, 0.15) is 6.10 Å². The molecule has 106 valence electrons. The van der Waals surface area contributed by atoms with Gasteiger partial charge in [-0.25, -0.2) is 0 Å². The monoisotopic (exact) mass is 272 g/mol. The van der Waals surface area contributed by atoms with Gasteiger partial charge in [-0.05, 0) is 35.2 Å². The Morgan fingerprint density at radius 2 is 1.85 bits per heavy atom. The number of rotatable bonds is 4. The summed E-state index contributed by atoms with van der Waals surface area (Å²) < 4.78 is 11.1. The first-order valence-corrected chi connectivity index (χ1v) is 7.19. The van der Waals surface area contributed by atoms with E-state index in [0.717, 1.165) is 37.0 Å². The molecule has 1 unspecified atom stereocenters. The number of benzene rings is 2. The second kappa shape index (κ2) is 6.35. The largest absolute Gasteiger partial charge is 0.386 e. The Labute approximate surface area is 119 Å². The third-order valence-electron chi connectivity index (χ3n) is 3.82. The van der Waals surface area contributed by atoms with E-state index >= 15 is 0 Å². The molecule has 20 heavy (non-hydrogen) atoms. The van der Waals surface area contributed by atoms with Crippen LogP contribution in [0.25, 0.3) is 10.8 Å². The van der Waals surface area contributed by atoms with Crippen LogP contribution >= 0.6 is 0 Å². The number of fused-ring (bicyclic) bond motifs is 1. The summed E-state index contributed by atoms with van der Waals surface area (Å²) in [5.41, 5.74) is 0.913. The van der Waals surface area contributed by atoms with Gasteiger partial charge >= 0.3 is 0 Å². The average molecular weight is 272 g/mol. The third kappa shape index (κ3) is 3.18. The van der Waals surface area contributed by atoms with Crippen molar-refractivity contribution in [3.63, 3.8) is 0 Å². The van der Waals surface area contributed by atoms with Gasteiger partial charge in [-0.3, -0.25) is 0 Å². The van der Waals surface area contributed by atoms with Crippen LogP contribution in [-0.2, 0) is 9.47 Å². The maximum Gasteiger partial charge on any atom is 0.102 e. The normalized spacial score (nSPS) is 18.2. The number of ether oxygens (including phenoxy) is 2. The lowest BCUT2D eigenvalue weighted by atomic mass is 10.0. The molecule has 3 rings (SSSR count). The fourth-order valence-corrected chi connectivity index (χ4v) is 2.58. The Hall–Kier alpha value is -1.42. The van der Waals surface area contributed by atoms with Gasteiger partial charge in [0.25, 0.3) is 0 Å². The number of aliphatic hydroxyl groups excluding tert-OH is 1. The van der Waals surface area contributed by atoms with E-state index in [-0.39, 0.29) is 6.10 Å². The van der Waals surface area contributed by atoms with Crippen molar-refractivity contribution in [2.45, 2.75) is 25.0 Å². The maximum atomic E-state index is 10.3. The number of hydrogen-bond acceptors (Lipinski definition) is 3. The second-order valence-electron chi connectivity index (χ2n) is 5.27. The highest BCUT2D eigenvalue weighted by Crippen LogP contribution is 2.21. The molecule has 0 saturated carbocycles. The van der Waals surface area contributed by atoms with E-state index in [0.29, 0.717) is 6.61 Å². The fraction of sp³-hybridized carbons (Fsp3) is 0.412. The van der Waals surface area contributed by atoms with Gasteiger partial charge < -0.3 is 14.6 Å². The molecule has 1 saturated heterocycles. The molecule has 0 spiro atoms. The van der Waals surface area contributed by atoms with Crippen LogP contribution < -0.4 is 0 Å². The van der Waals surface area contributed by atoms with Crippen molar-refractivity contribution in [2.24, 2.45) is 0 Å². The van der Waals surface area contributed by atoms with E-state index in [1.54, 1.807) is 0 Å². The van der Waals surface area contributed by atoms with E-state index in [2.05, 4.69) is 12.1 Å². The van der Waals surface area contributed by atoms with Crippen LogP contribution in [0.4, 0.5) is 0 Å². The second-order valence-corrected chi connectivity index (χ2v) is 5.27. The first-order valence-electron chi connectivity index (χ1n) is 7.19. The van der Waals surface area contributed by atoms with E-state index < -0.39 is 6.10 Å². The molecule has 1 N–H and O–H groups in total. The Balaban J connectivity index is 1.64. The van der Waals surface area contributed by atoms with Crippen LogP contribution in [0.3, 0.4) is 0 Å². The zero-order valence-electron chi connectivity index (χ0n) is 11.5. The Morgan fingerprint density at radius 1 is 1.10 bits per heavy atom. The third-order valence-corrected chi connectivity index (χ3v) is 3.82. The summed E-state index contributed by atoms with van der Waals surface area (Å²) in [5.74, 6) is 0. The Morgan fingerprint density at radius 3 is 2.65 bits per heavy atom. The van der Waals surface area contributed by atoms with Crippen LogP contribution in [-0.4, -0.2) is 31.0 Å². The minimum absolute atomic E-state index is 0.221. The minimum atomic E-state index is -0.567. The van der Waals surface area contributed by atoms with Gasteiger partial charge in [-0.2, -0.15) is 0 Å². The molecule has 3 nitrogen and oxygen atoms in total. The average Bonchev–Trinajstić information content (AvgIpc) is 2.53. The molecule has 0 aromatic heterocycles. The topological polar surface area (TPSA) is 38.7 Å². The predicted molar refractivity (Wildman–Crippen MR) is 78.7 cm³/mol. The summed E-state index contributed by atoms with van der Waals surface area (Å²) in [6, 6.07) is 14.2. The van der Waals surface area contributed by atoms with Crippen LogP contribution in [0.1, 0.15) is 24.5 Å². The summed E-state index contributed by atoms with van der Waals surface area (Å²) in [6.45, 7) is 1.87. The lowest BCUT2D eigenvalue weighted by Crippen LogP contribution is -2.25. The first-order chi connectivity index (χ1) is 9.83. The minimum Gasteiger partial charge on any atom is -0.386 e. The molecule has 0 aliphatic carbocycles. The highest BCUT2D eigenvalue weighted by molar-refractivity contribution is 5.83. The van der Waals surface area contributed by atoms with E-state index in [1.807, 2.05) is 30.3 Å². The SMILES string of the molecule is OC(COC1CCOCC1)c1ccc2ccccc2c1. The molecule has 0 amide bonds. The molecule has 1 aliphatic heterocycles. The Kier molecular flexibility index (Phi) is 4.31. The summed E-state index contributed by atoms with van der Waals surface area (Å²) in [5, 5.41) is 12.6. The zero-order valence-corrected chi connectivity index (χ0v) is 11.5. The van der Waals surface area contributed by atoms with Gasteiger partial charge in [0.2, 0.25) is 0 Å². The molecule has 3 heteroatoms. The summed E-state index contributed by atoms with van der Waals surface area (Å²) in [4.78, 5) is 0. The molecule has 1 heterocycles. The quantitative estimate of drug-likeness (QED) is 0.929. The van der Waals surface area contributed by atoms with Gasteiger partial charge in [0.05, 0.1) is 12.7 Å². The van der Waals surface area contributed by atoms with Gasteiger partial charge in [-0.15, -0.1) is 0 Å². The summed E-state index contributed by atoms with van der Waals surface area (Å²) in [7, 11) is 0. The molecular weight excluding hydrogens is 252 g/mol. The molecule has 1 aliphatic rings. The van der Waals surface area contributed by atoms with Crippen molar-refractivity contribution in [1.29, 1.82) is 0 Å². The molecule has 1 fully saturated rings. The van der Waals surface area contributed by atoms with Crippen molar-refractivity contribution in [2.75, 3.05) is 19.8 Å². The zero-order chi connectivity index (χ0) is 13.8. The number of aliphatic hydroxyl groups is 1. The fourth-order valence-electron chi connectivity index (χ4n) is 2.58. The lowest BCUT2D eigenvalue weighted by Gasteiger charge is -2.23. The standard InChI is InChI=1S/C17H20O3/c18-17(12-20-16-7-9-19-10-8-16)15-6-5-13-3-1-2-4-14(13)11-15/h1-6,11,16-18H,7-10,12H2. The molecule has 2 aromatic carbocycles. The summed E-state index contributed by atoms with van der Waals surface area (Å²) >= 11 is 0. The van der Waals surface area contributed by atoms with E-state index in [9.17, 15) is 5.11 Å². The smallest absolute Gasteiger partial charge is 0.102 e. The Bertz CT molecular complexity index is 561. The van der Waals surface area contributed by atoms with Gasteiger partial charge in [0.15, 0.2) is 0 Å². The van der Waals surface area contributed by atoms with Crippen molar-refractivity contribution in [3.05, 3.63) is 48.0 Å². The maximum absolute atomic E-state index is 10.3. The van der Waals surface area contributed by atoms with Crippen molar-refractivity contribution in [3.8, 4) is 0 Å². The number of hydrogen-bond donors (Lipinski definition) is 1. The van der Waals surface area contributed by atoms with Crippen LogP contribution in [0.5, 0.6) is 0 Å². The molecule has 1 atom stereocenters. The van der Waals surface area contributed by atoms with Crippen molar-refractivity contribution in [1.82, 2.24) is 0 Å². The van der Waals surface area contributed by atoms with E-state index in [1.165, 1.54) is 5.39 Å². The lowest BCUT2D eigenvalue weighted by molar-refractivity contribution is -0.0598. The van der Waals surface area contributed by atoms with Crippen molar-refractivity contribution >= 4 is 10.8 Å². The highest BCUT2D eigenvalue weighted by atomic mass is 16.5.